The van der Waals surface area contributed by atoms with E-state index >= 15 is 0 Å². The van der Waals surface area contributed by atoms with Gasteiger partial charge in [-0.3, -0.25) is 4.79 Å². The van der Waals surface area contributed by atoms with Crippen LogP contribution in [0.1, 0.15) is 19.8 Å². The average Bonchev–Trinajstić information content (AvgIpc) is 2.36. The minimum Gasteiger partial charge on any atom is -0.356 e. The Morgan fingerprint density at radius 3 is 2.47 bits per heavy atom. The van der Waals surface area contributed by atoms with Crippen LogP contribution in [-0.2, 0) is 4.79 Å². The minimum absolute atomic E-state index is 0.0656. The SMILES string of the molecule is CCN1CCN(CCCNC(=O)CCCl)CC1. The average molecular weight is 262 g/mol. The number of alkyl halides is 1. The molecule has 0 aromatic rings. The lowest BCUT2D eigenvalue weighted by Gasteiger charge is -2.33. The van der Waals surface area contributed by atoms with E-state index in [1.54, 1.807) is 0 Å². The van der Waals surface area contributed by atoms with Crippen molar-refractivity contribution in [3.05, 3.63) is 0 Å². The predicted molar refractivity (Wildman–Crippen MR) is 71.5 cm³/mol. The maximum Gasteiger partial charge on any atom is 0.221 e. The molecule has 1 saturated heterocycles. The van der Waals surface area contributed by atoms with Gasteiger partial charge in [0, 0.05) is 45.0 Å². The molecule has 0 aliphatic carbocycles. The Morgan fingerprint density at radius 1 is 1.24 bits per heavy atom. The van der Waals surface area contributed by atoms with E-state index < -0.39 is 0 Å². The summed E-state index contributed by atoms with van der Waals surface area (Å²) in [5.41, 5.74) is 0. The van der Waals surface area contributed by atoms with Gasteiger partial charge in [0.1, 0.15) is 0 Å². The lowest BCUT2D eigenvalue weighted by molar-refractivity contribution is -0.120. The van der Waals surface area contributed by atoms with Gasteiger partial charge in [-0.15, -0.1) is 11.6 Å². The maximum atomic E-state index is 11.2. The van der Waals surface area contributed by atoms with E-state index in [1.165, 1.54) is 13.1 Å². The smallest absolute Gasteiger partial charge is 0.221 e. The topological polar surface area (TPSA) is 35.6 Å². The summed E-state index contributed by atoms with van der Waals surface area (Å²) in [5.74, 6) is 0.473. The Labute approximate surface area is 109 Å². The van der Waals surface area contributed by atoms with Crippen LogP contribution in [0, 0.1) is 0 Å². The zero-order valence-corrected chi connectivity index (χ0v) is 11.5. The number of likely N-dealkylation sites (N-methyl/N-ethyl adjacent to an activating group) is 1. The molecule has 5 heteroatoms. The second kappa shape index (κ2) is 8.72. The van der Waals surface area contributed by atoms with Crippen molar-refractivity contribution in [1.82, 2.24) is 15.1 Å². The number of piperazine rings is 1. The van der Waals surface area contributed by atoms with Crippen LogP contribution in [0.25, 0.3) is 0 Å². The molecule has 1 aliphatic rings. The number of hydrogen-bond donors (Lipinski definition) is 1. The molecule has 1 heterocycles. The van der Waals surface area contributed by atoms with Crippen LogP contribution in [0.5, 0.6) is 0 Å². The van der Waals surface area contributed by atoms with Crippen molar-refractivity contribution in [2.24, 2.45) is 0 Å². The van der Waals surface area contributed by atoms with E-state index in [2.05, 4.69) is 22.0 Å². The van der Waals surface area contributed by atoms with Crippen LogP contribution in [0.4, 0.5) is 0 Å². The van der Waals surface area contributed by atoms with E-state index in [0.29, 0.717) is 12.3 Å². The summed E-state index contributed by atoms with van der Waals surface area (Å²) in [6, 6.07) is 0. The molecule has 0 aromatic carbocycles. The van der Waals surface area contributed by atoms with E-state index in [9.17, 15) is 4.79 Å². The van der Waals surface area contributed by atoms with Crippen LogP contribution < -0.4 is 5.32 Å². The van der Waals surface area contributed by atoms with Crippen LogP contribution in [0.15, 0.2) is 0 Å². The summed E-state index contributed by atoms with van der Waals surface area (Å²) < 4.78 is 0. The molecule has 0 radical (unpaired) electrons. The fraction of sp³-hybridized carbons (Fsp3) is 0.917. The molecule has 1 N–H and O–H groups in total. The summed E-state index contributed by atoms with van der Waals surface area (Å²) in [5, 5.41) is 2.88. The van der Waals surface area contributed by atoms with Crippen LogP contribution >= 0.6 is 11.6 Å². The van der Waals surface area contributed by atoms with E-state index in [0.717, 1.165) is 39.1 Å². The van der Waals surface area contributed by atoms with Gasteiger partial charge in [0.05, 0.1) is 0 Å². The first-order valence-electron chi connectivity index (χ1n) is 6.53. The summed E-state index contributed by atoms with van der Waals surface area (Å²) in [4.78, 5) is 16.1. The first-order valence-corrected chi connectivity index (χ1v) is 7.07. The highest BCUT2D eigenvalue weighted by Crippen LogP contribution is 2.01. The van der Waals surface area contributed by atoms with Crippen molar-refractivity contribution in [2.45, 2.75) is 19.8 Å². The van der Waals surface area contributed by atoms with E-state index in [4.69, 9.17) is 11.6 Å². The summed E-state index contributed by atoms with van der Waals surface area (Å²) in [6.07, 6.45) is 1.46. The first-order chi connectivity index (χ1) is 8.26. The highest BCUT2D eigenvalue weighted by Gasteiger charge is 2.14. The summed E-state index contributed by atoms with van der Waals surface area (Å²) in [6.45, 7) is 9.88. The third-order valence-electron chi connectivity index (χ3n) is 3.21. The number of nitrogens with zero attached hydrogens (tertiary/aromatic N) is 2. The van der Waals surface area contributed by atoms with Gasteiger partial charge >= 0.3 is 0 Å². The third-order valence-corrected chi connectivity index (χ3v) is 3.40. The molecule has 100 valence electrons. The summed E-state index contributed by atoms with van der Waals surface area (Å²) >= 11 is 5.48. The molecule has 1 fully saturated rings. The van der Waals surface area contributed by atoms with Crippen molar-refractivity contribution in [2.75, 3.05) is 51.7 Å². The largest absolute Gasteiger partial charge is 0.356 e. The Hall–Kier alpha value is -0.320. The highest BCUT2D eigenvalue weighted by atomic mass is 35.5. The van der Waals surface area contributed by atoms with Gasteiger partial charge in [0.2, 0.25) is 5.91 Å². The Balaban J connectivity index is 1.98. The van der Waals surface area contributed by atoms with E-state index in [1.807, 2.05) is 0 Å². The molecule has 1 amide bonds. The van der Waals surface area contributed by atoms with Gasteiger partial charge in [0.25, 0.3) is 0 Å². The molecule has 0 spiro atoms. The number of rotatable bonds is 7. The molecular weight excluding hydrogens is 238 g/mol. The molecule has 0 bridgehead atoms. The fourth-order valence-corrected chi connectivity index (χ4v) is 2.21. The molecule has 0 atom stereocenters. The molecule has 1 aliphatic heterocycles. The van der Waals surface area contributed by atoms with Gasteiger partial charge in [-0.1, -0.05) is 6.92 Å². The predicted octanol–water partition coefficient (Wildman–Crippen LogP) is 0.759. The normalized spacial score (nSPS) is 18.2. The van der Waals surface area contributed by atoms with Crippen LogP contribution in [-0.4, -0.2) is 67.4 Å². The number of nitrogens with one attached hydrogen (secondary N) is 1. The number of halogens is 1. The summed E-state index contributed by atoms with van der Waals surface area (Å²) in [7, 11) is 0. The van der Waals surface area contributed by atoms with Gasteiger partial charge in [-0.25, -0.2) is 0 Å². The number of amides is 1. The second-order valence-electron chi connectivity index (χ2n) is 4.42. The molecule has 4 nitrogen and oxygen atoms in total. The van der Waals surface area contributed by atoms with Gasteiger partial charge in [-0.05, 0) is 19.5 Å². The molecule has 1 rings (SSSR count). The van der Waals surface area contributed by atoms with Gasteiger partial charge < -0.3 is 15.1 Å². The van der Waals surface area contributed by atoms with Crippen molar-refractivity contribution >= 4 is 17.5 Å². The van der Waals surface area contributed by atoms with Crippen LogP contribution in [0.2, 0.25) is 0 Å². The highest BCUT2D eigenvalue weighted by molar-refractivity contribution is 6.18. The Morgan fingerprint density at radius 2 is 1.88 bits per heavy atom. The minimum atomic E-state index is 0.0656. The monoisotopic (exact) mass is 261 g/mol. The lowest BCUT2D eigenvalue weighted by Crippen LogP contribution is -2.46. The molecule has 0 unspecified atom stereocenters. The van der Waals surface area contributed by atoms with Crippen molar-refractivity contribution in [1.29, 1.82) is 0 Å². The number of carbonyl (C=O) groups excluding carboxylic acids is 1. The third kappa shape index (κ3) is 6.24. The zero-order chi connectivity index (χ0) is 12.5. The standard InChI is InChI=1S/C12H24ClN3O/c1-2-15-8-10-16(11-9-15)7-3-6-14-12(17)4-5-13/h2-11H2,1H3,(H,14,17). The molecular formula is C12H24ClN3O. The lowest BCUT2D eigenvalue weighted by atomic mass is 10.3. The quantitative estimate of drug-likeness (QED) is 0.543. The van der Waals surface area contributed by atoms with Gasteiger partial charge in [0.15, 0.2) is 0 Å². The number of hydrogen-bond acceptors (Lipinski definition) is 3. The van der Waals surface area contributed by atoms with Crippen LogP contribution in [0.3, 0.4) is 0 Å². The maximum absolute atomic E-state index is 11.2. The zero-order valence-electron chi connectivity index (χ0n) is 10.8. The van der Waals surface area contributed by atoms with E-state index in [-0.39, 0.29) is 5.91 Å². The first kappa shape index (κ1) is 14.7. The van der Waals surface area contributed by atoms with Crippen molar-refractivity contribution in [3.8, 4) is 0 Å². The molecule has 17 heavy (non-hydrogen) atoms. The number of carbonyl (C=O) groups is 1. The molecule has 0 aromatic heterocycles. The Bertz CT molecular complexity index is 218. The van der Waals surface area contributed by atoms with Gasteiger partial charge in [-0.2, -0.15) is 0 Å². The second-order valence-corrected chi connectivity index (χ2v) is 4.80. The van der Waals surface area contributed by atoms with Crippen molar-refractivity contribution in [3.63, 3.8) is 0 Å². The Kier molecular flexibility index (Phi) is 7.56. The van der Waals surface area contributed by atoms with Crippen molar-refractivity contribution < 1.29 is 4.79 Å². The fourth-order valence-electron chi connectivity index (χ4n) is 2.03. The molecule has 0 saturated carbocycles.